The molecule has 4 rings (SSSR count). The van der Waals surface area contributed by atoms with Gasteiger partial charge in [-0.15, -0.1) is 0 Å². The van der Waals surface area contributed by atoms with Gasteiger partial charge in [0.05, 0.1) is 5.41 Å². The number of carbonyl (C=O) groups excluding carboxylic acids is 1. The maximum atomic E-state index is 14.9. The Balaban J connectivity index is 2.63. The van der Waals surface area contributed by atoms with E-state index >= 15 is 0 Å². The van der Waals surface area contributed by atoms with Crippen molar-refractivity contribution < 1.29 is 75.4 Å². The SMILES string of the molecule is CCC(C)(C)C(=O)OC12C(F)(F)C3(F)C(F)(F)C(F)(C(F)(F)C(F)(C3(F)F)C1(F)F)C2(F)F. The van der Waals surface area contributed by atoms with Gasteiger partial charge < -0.3 is 4.74 Å². The summed E-state index contributed by atoms with van der Waals surface area (Å²) in [5, 5.41) is 0. The molecule has 0 aromatic carbocycles. The second kappa shape index (κ2) is 5.46. The van der Waals surface area contributed by atoms with E-state index in [-0.39, 0.29) is 0 Å². The average molecular weight is 520 g/mol. The van der Waals surface area contributed by atoms with Gasteiger partial charge in [0.2, 0.25) is 0 Å². The van der Waals surface area contributed by atoms with E-state index < -0.39 is 75.9 Å². The fourth-order valence-electron chi connectivity index (χ4n) is 4.42. The van der Waals surface area contributed by atoms with E-state index in [1.165, 1.54) is 0 Å². The zero-order valence-corrected chi connectivity index (χ0v) is 16.2. The number of carbonyl (C=O) groups is 1. The summed E-state index contributed by atoms with van der Waals surface area (Å²) in [5.74, 6) is -49.6. The van der Waals surface area contributed by atoms with Gasteiger partial charge in [-0.2, -0.15) is 52.7 Å². The molecule has 0 N–H and O–H groups in total. The van der Waals surface area contributed by atoms with Crippen LogP contribution in [-0.4, -0.2) is 64.1 Å². The number of alkyl halides is 15. The molecule has 0 heterocycles. The first kappa shape index (κ1) is 26.0. The zero-order chi connectivity index (χ0) is 26.5. The molecule has 17 heteroatoms. The van der Waals surface area contributed by atoms with Crippen molar-refractivity contribution in [3.8, 4) is 0 Å². The van der Waals surface area contributed by atoms with E-state index in [4.69, 9.17) is 0 Å². The summed E-state index contributed by atoms with van der Waals surface area (Å²) in [6.45, 7) is 2.13. The van der Waals surface area contributed by atoms with Crippen LogP contribution in [0.5, 0.6) is 0 Å². The van der Waals surface area contributed by atoms with Crippen molar-refractivity contribution >= 4 is 5.97 Å². The summed E-state index contributed by atoms with van der Waals surface area (Å²) in [4.78, 5) is 12.1. The number of esters is 1. The molecular formula is C16H11F15O2. The Labute approximate surface area is 173 Å². The predicted octanol–water partition coefficient (Wildman–Crippen LogP) is 5.68. The van der Waals surface area contributed by atoms with Crippen LogP contribution in [-0.2, 0) is 9.53 Å². The smallest absolute Gasteiger partial charge is 0.345 e. The third-order valence-corrected chi connectivity index (χ3v) is 6.90. The first-order chi connectivity index (χ1) is 14.2. The lowest BCUT2D eigenvalue weighted by Gasteiger charge is -2.74. The standard InChI is InChI=1S/C16H11F15O2/c1-4-6(2,3)5(32)33-10-14(26,27)7(17)11(20,21)8(18,15(10,28)29)13(24,25)9(19,12(7,22)23)16(10,30)31/h4H2,1-3H3. The monoisotopic (exact) mass is 520 g/mol. The summed E-state index contributed by atoms with van der Waals surface area (Å²) in [6.07, 6.45) is -0.685. The molecule has 0 spiro atoms. The molecule has 0 unspecified atom stereocenters. The van der Waals surface area contributed by atoms with Crippen molar-refractivity contribution in [3.63, 3.8) is 0 Å². The van der Waals surface area contributed by atoms with E-state index in [1.807, 2.05) is 0 Å². The van der Waals surface area contributed by atoms with Gasteiger partial charge in [-0.25, -0.2) is 13.2 Å². The Hall–Kier alpha value is -1.58. The Kier molecular flexibility index (Phi) is 4.31. The van der Waals surface area contributed by atoms with Crippen molar-refractivity contribution in [3.05, 3.63) is 0 Å². The molecule has 2 nitrogen and oxygen atoms in total. The van der Waals surface area contributed by atoms with Gasteiger partial charge in [-0.3, -0.25) is 4.79 Å². The summed E-state index contributed by atoms with van der Waals surface area (Å²) in [6, 6.07) is 0. The van der Waals surface area contributed by atoms with Crippen LogP contribution in [0.3, 0.4) is 0 Å². The highest BCUT2D eigenvalue weighted by molar-refractivity contribution is 5.77. The van der Waals surface area contributed by atoms with Crippen molar-refractivity contribution in [2.75, 3.05) is 0 Å². The van der Waals surface area contributed by atoms with Crippen LogP contribution in [0.15, 0.2) is 0 Å². The maximum Gasteiger partial charge on any atom is 0.345 e. The molecule has 0 aromatic heterocycles. The number of hydrogen-bond acceptors (Lipinski definition) is 2. The molecule has 4 fully saturated rings. The van der Waals surface area contributed by atoms with Gasteiger partial charge in [0.1, 0.15) is 0 Å². The van der Waals surface area contributed by atoms with Gasteiger partial charge in [0.15, 0.2) is 0 Å². The first-order valence-electron chi connectivity index (χ1n) is 8.76. The lowest BCUT2D eigenvalue weighted by atomic mass is 9.40. The van der Waals surface area contributed by atoms with Crippen LogP contribution in [0.1, 0.15) is 27.2 Å². The normalized spacial score (nSPS) is 45.0. The quantitative estimate of drug-likeness (QED) is 0.354. The van der Waals surface area contributed by atoms with E-state index in [0.717, 1.165) is 6.92 Å². The van der Waals surface area contributed by atoms with E-state index in [9.17, 15) is 70.7 Å². The van der Waals surface area contributed by atoms with Crippen molar-refractivity contribution in [1.29, 1.82) is 0 Å². The van der Waals surface area contributed by atoms with Crippen molar-refractivity contribution in [2.24, 2.45) is 5.41 Å². The molecule has 4 saturated carbocycles. The number of rotatable bonds is 3. The van der Waals surface area contributed by atoms with E-state index in [0.29, 0.717) is 13.8 Å². The molecule has 4 aliphatic rings. The number of hydrogen-bond donors (Lipinski definition) is 0. The summed E-state index contributed by atoms with van der Waals surface area (Å²) in [5.41, 5.74) is -32.9. The zero-order valence-electron chi connectivity index (χ0n) is 16.2. The van der Waals surface area contributed by atoms with Crippen molar-refractivity contribution in [1.82, 2.24) is 0 Å². The van der Waals surface area contributed by atoms with E-state index in [2.05, 4.69) is 4.74 Å². The maximum absolute atomic E-state index is 14.9. The molecule has 0 aromatic rings. The lowest BCUT2D eigenvalue weighted by Crippen LogP contribution is -3.10. The molecule has 4 aliphatic carbocycles. The number of ether oxygens (including phenoxy) is 1. The molecule has 0 saturated heterocycles. The first-order valence-corrected chi connectivity index (χ1v) is 8.76. The molecule has 192 valence electrons. The molecular weight excluding hydrogens is 509 g/mol. The van der Waals surface area contributed by atoms with Crippen LogP contribution in [0.4, 0.5) is 65.9 Å². The highest BCUT2D eigenvalue weighted by Crippen LogP contribution is 2.88. The van der Waals surface area contributed by atoms with Gasteiger partial charge in [-0.1, -0.05) is 6.92 Å². The lowest BCUT2D eigenvalue weighted by molar-refractivity contribution is -0.615. The van der Waals surface area contributed by atoms with Crippen LogP contribution >= 0.6 is 0 Å². The molecule has 0 amide bonds. The Morgan fingerprint density at radius 3 is 1.03 bits per heavy atom. The molecule has 0 atom stereocenters. The summed E-state index contributed by atoms with van der Waals surface area (Å²) < 4.78 is 222. The third kappa shape index (κ3) is 1.69. The van der Waals surface area contributed by atoms with Crippen LogP contribution in [0.2, 0.25) is 0 Å². The highest BCUT2D eigenvalue weighted by atomic mass is 19.3. The molecule has 4 bridgehead atoms. The largest absolute Gasteiger partial charge is 0.439 e. The minimum Gasteiger partial charge on any atom is -0.439 e. The fraction of sp³-hybridized carbons (Fsp3) is 0.938. The second-order valence-corrected chi connectivity index (χ2v) is 8.73. The molecule has 0 radical (unpaired) electrons. The number of halogens is 15. The van der Waals surface area contributed by atoms with Gasteiger partial charge >= 0.3 is 64.1 Å². The topological polar surface area (TPSA) is 26.3 Å². The second-order valence-electron chi connectivity index (χ2n) is 8.73. The minimum absolute atomic E-state index is 0.587. The van der Waals surface area contributed by atoms with Crippen molar-refractivity contribution in [2.45, 2.75) is 85.3 Å². The predicted molar refractivity (Wildman–Crippen MR) is 74.1 cm³/mol. The molecule has 33 heavy (non-hydrogen) atoms. The Morgan fingerprint density at radius 2 is 0.818 bits per heavy atom. The highest BCUT2D eigenvalue weighted by Gasteiger charge is 3.24. The fourth-order valence-corrected chi connectivity index (χ4v) is 4.42. The molecule has 0 aliphatic heterocycles. The van der Waals surface area contributed by atoms with E-state index in [1.54, 1.807) is 0 Å². The Bertz CT molecular complexity index is 810. The van der Waals surface area contributed by atoms with Crippen LogP contribution in [0.25, 0.3) is 0 Å². The van der Waals surface area contributed by atoms with Gasteiger partial charge in [-0.05, 0) is 20.3 Å². The van der Waals surface area contributed by atoms with Crippen LogP contribution < -0.4 is 0 Å². The van der Waals surface area contributed by atoms with Crippen LogP contribution in [0, 0.1) is 5.41 Å². The minimum atomic E-state index is -7.90. The summed E-state index contributed by atoms with van der Waals surface area (Å²) >= 11 is 0. The van der Waals surface area contributed by atoms with Gasteiger partial charge in [0.25, 0.3) is 0 Å². The summed E-state index contributed by atoms with van der Waals surface area (Å²) in [7, 11) is 0. The third-order valence-electron chi connectivity index (χ3n) is 6.90. The average Bonchev–Trinajstić information content (AvgIpc) is 2.65. The Morgan fingerprint density at radius 1 is 0.576 bits per heavy atom. The van der Waals surface area contributed by atoms with Gasteiger partial charge in [0, 0.05) is 0 Å².